The second-order valence-electron chi connectivity index (χ2n) is 5.11. The number of amides is 3. The number of β-lactam (4-membered cyclic amide) rings is 1. The van der Waals surface area contributed by atoms with Crippen LogP contribution in [0.3, 0.4) is 0 Å². The number of carboxylic acids is 1. The van der Waals surface area contributed by atoms with Gasteiger partial charge in [-0.15, -0.1) is 0 Å². The highest BCUT2D eigenvalue weighted by Gasteiger charge is 2.42. The summed E-state index contributed by atoms with van der Waals surface area (Å²) < 4.78 is 4.95. The van der Waals surface area contributed by atoms with E-state index in [9.17, 15) is 19.2 Å². The Kier molecular flexibility index (Phi) is 4.13. The number of likely N-dealkylation sites (tertiary alicyclic amines) is 1. The van der Waals surface area contributed by atoms with Gasteiger partial charge in [0, 0.05) is 0 Å². The minimum atomic E-state index is -1.30. The molecule has 19 heavy (non-hydrogen) atoms. The number of carbonyl (C=O) groups is 4. The number of imide groups is 1. The largest absolute Gasteiger partial charge is 0.481 e. The van der Waals surface area contributed by atoms with Gasteiger partial charge in [-0.05, 0) is 20.8 Å². The topological polar surface area (TPSA) is 113 Å². The third-order valence-electron chi connectivity index (χ3n) is 2.22. The van der Waals surface area contributed by atoms with Crippen LogP contribution in [0.25, 0.3) is 0 Å². The first-order valence-corrected chi connectivity index (χ1v) is 5.65. The molecule has 2 N–H and O–H groups in total. The van der Waals surface area contributed by atoms with Gasteiger partial charge in [0.05, 0.1) is 6.54 Å². The van der Waals surface area contributed by atoms with Gasteiger partial charge < -0.3 is 15.2 Å². The van der Waals surface area contributed by atoms with Crippen molar-refractivity contribution in [3.8, 4) is 0 Å². The summed E-state index contributed by atoms with van der Waals surface area (Å²) in [5.74, 6) is -2.72. The third-order valence-corrected chi connectivity index (χ3v) is 2.22. The number of alkyl carbamates (subject to hydrolysis) is 1. The van der Waals surface area contributed by atoms with E-state index in [2.05, 4.69) is 5.32 Å². The molecule has 8 nitrogen and oxygen atoms in total. The Morgan fingerprint density at radius 3 is 2.42 bits per heavy atom. The van der Waals surface area contributed by atoms with E-state index in [4.69, 9.17) is 9.84 Å². The lowest BCUT2D eigenvalue weighted by Crippen LogP contribution is -2.65. The van der Waals surface area contributed by atoms with Crippen molar-refractivity contribution >= 4 is 23.9 Å². The minimum Gasteiger partial charge on any atom is -0.481 e. The molecule has 1 fully saturated rings. The molecule has 0 bridgehead atoms. The zero-order valence-corrected chi connectivity index (χ0v) is 10.9. The van der Waals surface area contributed by atoms with Gasteiger partial charge in [-0.3, -0.25) is 19.3 Å². The SMILES string of the molecule is CC(C)(C)OC(=O)N[C@H]1CN(C(=O)CC(=O)O)C1=O. The molecule has 0 unspecified atom stereocenters. The van der Waals surface area contributed by atoms with Crippen molar-refractivity contribution in [2.24, 2.45) is 0 Å². The number of hydrogen-bond acceptors (Lipinski definition) is 5. The second kappa shape index (κ2) is 5.25. The van der Waals surface area contributed by atoms with Crippen LogP contribution in [0, 0.1) is 0 Å². The van der Waals surface area contributed by atoms with Gasteiger partial charge in [0.1, 0.15) is 18.1 Å². The normalized spacial score (nSPS) is 18.6. The smallest absolute Gasteiger partial charge is 0.408 e. The van der Waals surface area contributed by atoms with Crippen molar-refractivity contribution in [3.05, 3.63) is 0 Å². The van der Waals surface area contributed by atoms with E-state index >= 15 is 0 Å². The first kappa shape index (κ1) is 14.9. The lowest BCUT2D eigenvalue weighted by molar-refractivity contribution is -0.157. The first-order valence-electron chi connectivity index (χ1n) is 5.65. The second-order valence-corrected chi connectivity index (χ2v) is 5.11. The van der Waals surface area contributed by atoms with Crippen molar-refractivity contribution in [3.63, 3.8) is 0 Å². The van der Waals surface area contributed by atoms with E-state index in [1.54, 1.807) is 20.8 Å². The number of nitrogens with one attached hydrogen (secondary N) is 1. The number of hydrogen-bond donors (Lipinski definition) is 2. The van der Waals surface area contributed by atoms with E-state index in [-0.39, 0.29) is 6.54 Å². The highest BCUT2D eigenvalue weighted by Crippen LogP contribution is 2.13. The summed E-state index contributed by atoms with van der Waals surface area (Å²) in [6.07, 6.45) is -1.50. The molecule has 0 aromatic carbocycles. The first-order chi connectivity index (χ1) is 8.60. The van der Waals surface area contributed by atoms with Crippen molar-refractivity contribution in [2.45, 2.75) is 38.8 Å². The van der Waals surface area contributed by atoms with Crippen LogP contribution in [0.5, 0.6) is 0 Å². The Balaban J connectivity index is 2.42. The van der Waals surface area contributed by atoms with Gasteiger partial charge >= 0.3 is 12.1 Å². The van der Waals surface area contributed by atoms with Gasteiger partial charge in [-0.2, -0.15) is 0 Å². The van der Waals surface area contributed by atoms with Crippen LogP contribution in [0.15, 0.2) is 0 Å². The summed E-state index contributed by atoms with van der Waals surface area (Å²) >= 11 is 0. The fraction of sp³-hybridized carbons (Fsp3) is 0.636. The molecular weight excluding hydrogens is 256 g/mol. The maximum atomic E-state index is 11.5. The Morgan fingerprint density at radius 2 is 2.00 bits per heavy atom. The molecule has 0 radical (unpaired) electrons. The summed E-state index contributed by atoms with van der Waals surface area (Å²) in [6, 6.07) is -0.840. The molecule has 106 valence electrons. The van der Waals surface area contributed by atoms with Gasteiger partial charge in [0.2, 0.25) is 5.91 Å². The van der Waals surface area contributed by atoms with E-state index in [1.807, 2.05) is 0 Å². The highest BCUT2D eigenvalue weighted by atomic mass is 16.6. The summed E-state index contributed by atoms with van der Waals surface area (Å²) in [5, 5.41) is 10.7. The lowest BCUT2D eigenvalue weighted by Gasteiger charge is -2.36. The van der Waals surface area contributed by atoms with Gasteiger partial charge in [-0.25, -0.2) is 4.79 Å². The van der Waals surface area contributed by atoms with E-state index < -0.39 is 41.9 Å². The van der Waals surface area contributed by atoms with Crippen LogP contribution in [-0.2, 0) is 19.1 Å². The number of aliphatic carboxylic acids is 1. The predicted molar refractivity (Wildman–Crippen MR) is 62.1 cm³/mol. The summed E-state index contributed by atoms with van der Waals surface area (Å²) in [6.45, 7) is 5.00. The molecule has 1 atom stereocenters. The van der Waals surface area contributed by atoms with Crippen molar-refractivity contribution in [1.29, 1.82) is 0 Å². The minimum absolute atomic E-state index is 0.0375. The quantitative estimate of drug-likeness (QED) is 0.540. The molecule has 0 aliphatic carbocycles. The van der Waals surface area contributed by atoms with Crippen LogP contribution in [0.4, 0.5) is 4.79 Å². The van der Waals surface area contributed by atoms with Crippen LogP contribution in [0.2, 0.25) is 0 Å². The Labute approximate surface area is 109 Å². The van der Waals surface area contributed by atoms with Crippen LogP contribution in [-0.4, -0.2) is 52.1 Å². The van der Waals surface area contributed by atoms with Crippen molar-refractivity contribution in [1.82, 2.24) is 10.2 Å². The van der Waals surface area contributed by atoms with E-state index in [0.717, 1.165) is 4.90 Å². The average Bonchev–Trinajstić information content (AvgIpc) is 2.19. The molecule has 3 amide bonds. The molecule has 0 saturated carbocycles. The monoisotopic (exact) mass is 272 g/mol. The molecule has 0 aromatic heterocycles. The van der Waals surface area contributed by atoms with Gasteiger partial charge in [0.25, 0.3) is 5.91 Å². The molecule has 1 aliphatic heterocycles. The van der Waals surface area contributed by atoms with Crippen LogP contribution in [0.1, 0.15) is 27.2 Å². The van der Waals surface area contributed by atoms with Crippen LogP contribution >= 0.6 is 0 Å². The maximum Gasteiger partial charge on any atom is 0.408 e. The Morgan fingerprint density at radius 1 is 1.42 bits per heavy atom. The number of carboxylic acid groups (broad SMARTS) is 1. The summed E-state index contributed by atoms with van der Waals surface area (Å²) in [7, 11) is 0. The summed E-state index contributed by atoms with van der Waals surface area (Å²) in [4.78, 5) is 45.3. The van der Waals surface area contributed by atoms with Crippen LogP contribution < -0.4 is 5.32 Å². The molecule has 1 heterocycles. The molecule has 1 saturated heterocycles. The Bertz CT molecular complexity index is 425. The number of carbonyl (C=O) groups excluding carboxylic acids is 3. The highest BCUT2D eigenvalue weighted by molar-refractivity contribution is 6.07. The van der Waals surface area contributed by atoms with E-state index in [1.165, 1.54) is 0 Å². The fourth-order valence-electron chi connectivity index (χ4n) is 1.43. The lowest BCUT2D eigenvalue weighted by atomic mass is 10.1. The number of nitrogens with zero attached hydrogens (tertiary/aromatic N) is 1. The van der Waals surface area contributed by atoms with Crippen molar-refractivity contribution < 1.29 is 29.0 Å². The van der Waals surface area contributed by atoms with E-state index in [0.29, 0.717) is 0 Å². The maximum absolute atomic E-state index is 11.5. The Hall–Kier alpha value is -2.12. The molecule has 0 aromatic rings. The molecule has 1 rings (SSSR count). The molecule has 8 heteroatoms. The molecular formula is C11H16N2O6. The summed E-state index contributed by atoms with van der Waals surface area (Å²) in [5.41, 5.74) is -0.685. The van der Waals surface area contributed by atoms with Crippen molar-refractivity contribution in [2.75, 3.05) is 6.54 Å². The van der Waals surface area contributed by atoms with Gasteiger partial charge in [0.15, 0.2) is 0 Å². The zero-order chi connectivity index (χ0) is 14.8. The molecule has 0 spiro atoms. The average molecular weight is 272 g/mol. The third kappa shape index (κ3) is 4.23. The standard InChI is InChI=1S/C11H16N2O6/c1-11(2,3)19-10(18)12-6-5-13(9(6)17)7(14)4-8(15)16/h6H,4-5H2,1-3H3,(H,12,18)(H,15,16)/t6-/m0/s1. The number of ether oxygens (including phenoxy) is 1. The molecule has 1 aliphatic rings. The van der Waals surface area contributed by atoms with Gasteiger partial charge in [-0.1, -0.05) is 0 Å². The number of rotatable bonds is 3. The predicted octanol–water partition coefficient (Wildman–Crippen LogP) is -0.277. The zero-order valence-electron chi connectivity index (χ0n) is 10.9. The fourth-order valence-corrected chi connectivity index (χ4v) is 1.43.